The minimum Gasteiger partial charge on any atom is -0.550 e. The molecule has 0 bridgehead atoms. The summed E-state index contributed by atoms with van der Waals surface area (Å²) in [6.07, 6.45) is -0.381. The molecule has 1 aliphatic rings. The van der Waals surface area contributed by atoms with Crippen molar-refractivity contribution >= 4 is 45.3 Å². The first-order valence-corrected chi connectivity index (χ1v) is 10.3. The van der Waals surface area contributed by atoms with Crippen LogP contribution in [0.15, 0.2) is 59.1 Å². The number of hydrogen-bond acceptors (Lipinski definition) is 5. The Bertz CT molecular complexity index is 946. The lowest BCUT2D eigenvalue weighted by molar-refractivity contribution is -0.305. The monoisotopic (exact) mass is 471 g/mol. The number of aliphatic carboxylic acids is 1. The van der Waals surface area contributed by atoms with Crippen LogP contribution in [-0.4, -0.2) is 41.2 Å². The van der Waals surface area contributed by atoms with E-state index in [1.54, 1.807) is 24.3 Å². The zero-order valence-corrected chi connectivity index (χ0v) is 17.7. The van der Waals surface area contributed by atoms with E-state index in [-0.39, 0.29) is 19.4 Å². The van der Waals surface area contributed by atoms with Gasteiger partial charge < -0.3 is 14.8 Å². The van der Waals surface area contributed by atoms with Gasteiger partial charge in [-0.3, -0.25) is 14.4 Å². The maximum Gasteiger partial charge on any atom is 0.257 e. The van der Waals surface area contributed by atoms with E-state index < -0.39 is 36.2 Å². The first-order valence-electron chi connectivity index (χ1n) is 9.52. The minimum absolute atomic E-state index is 0.138. The highest BCUT2D eigenvalue weighted by Crippen LogP contribution is 2.27. The van der Waals surface area contributed by atoms with E-state index in [0.717, 1.165) is 14.9 Å². The topological polar surface area (TPSA) is 97.8 Å². The van der Waals surface area contributed by atoms with Crippen LogP contribution in [0.5, 0.6) is 0 Å². The van der Waals surface area contributed by atoms with Crippen LogP contribution in [0.4, 0.5) is 5.69 Å². The van der Waals surface area contributed by atoms with Crippen molar-refractivity contribution in [1.29, 1.82) is 0 Å². The van der Waals surface area contributed by atoms with Crippen LogP contribution in [0.3, 0.4) is 0 Å². The van der Waals surface area contributed by atoms with Crippen molar-refractivity contribution in [3.05, 3.63) is 64.6 Å². The van der Waals surface area contributed by atoms with Gasteiger partial charge in [0, 0.05) is 23.4 Å². The van der Waals surface area contributed by atoms with E-state index in [4.69, 9.17) is 0 Å². The summed E-state index contributed by atoms with van der Waals surface area (Å²) in [5.41, 5.74) is 1.40. The molecule has 1 saturated heterocycles. The average Bonchev–Trinajstić information content (AvgIpc) is 3.02. The molecule has 1 heterocycles. The van der Waals surface area contributed by atoms with Gasteiger partial charge in [-0.25, -0.2) is 4.90 Å². The maximum atomic E-state index is 13.1. The molecular weight excluding hydrogens is 452 g/mol. The van der Waals surface area contributed by atoms with Crippen LogP contribution in [0.1, 0.15) is 24.8 Å². The Balaban J connectivity index is 1.81. The van der Waals surface area contributed by atoms with Gasteiger partial charge in [0.2, 0.25) is 11.8 Å². The fourth-order valence-corrected chi connectivity index (χ4v) is 3.69. The second kappa shape index (κ2) is 9.67. The standard InChI is InChI=1S/C22H21BrN2O5/c23-16-6-8-17(9-7-16)25-20(27)14-18(22(25)30)24(19(26)10-11-21(28)29)13-12-15-4-2-1-3-5-15/h1-9,18H,10-14H2,(H,28,29)/p-1/t18-/m1/s1. The quantitative estimate of drug-likeness (QED) is 0.545. The molecule has 1 fully saturated rings. The Labute approximate surface area is 182 Å². The molecule has 0 aliphatic carbocycles. The summed E-state index contributed by atoms with van der Waals surface area (Å²) < 4.78 is 0.809. The number of carboxylic acid groups (broad SMARTS) is 1. The lowest BCUT2D eigenvalue weighted by atomic mass is 10.1. The zero-order valence-electron chi connectivity index (χ0n) is 16.1. The third-order valence-corrected chi connectivity index (χ3v) is 5.46. The largest absolute Gasteiger partial charge is 0.550 e. The van der Waals surface area contributed by atoms with Crippen LogP contribution < -0.4 is 10.0 Å². The average molecular weight is 472 g/mol. The molecule has 7 nitrogen and oxygen atoms in total. The van der Waals surface area contributed by atoms with Crippen molar-refractivity contribution in [3.63, 3.8) is 0 Å². The van der Waals surface area contributed by atoms with Gasteiger partial charge in [-0.15, -0.1) is 0 Å². The molecule has 0 saturated carbocycles. The Kier molecular flexibility index (Phi) is 6.99. The van der Waals surface area contributed by atoms with Crippen LogP contribution in [0.2, 0.25) is 0 Å². The number of carboxylic acids is 1. The van der Waals surface area contributed by atoms with Crippen molar-refractivity contribution in [2.24, 2.45) is 0 Å². The number of nitrogens with zero attached hydrogens (tertiary/aromatic N) is 2. The molecule has 156 valence electrons. The summed E-state index contributed by atoms with van der Waals surface area (Å²) in [6.45, 7) is 0.202. The third-order valence-electron chi connectivity index (χ3n) is 4.93. The zero-order chi connectivity index (χ0) is 21.7. The molecule has 8 heteroatoms. The molecule has 0 N–H and O–H groups in total. The van der Waals surface area contributed by atoms with E-state index in [0.29, 0.717) is 12.1 Å². The van der Waals surface area contributed by atoms with Gasteiger partial charge in [-0.2, -0.15) is 0 Å². The van der Waals surface area contributed by atoms with Crippen molar-refractivity contribution in [2.75, 3.05) is 11.4 Å². The van der Waals surface area contributed by atoms with Gasteiger partial charge in [0.1, 0.15) is 6.04 Å². The maximum absolute atomic E-state index is 13.1. The van der Waals surface area contributed by atoms with E-state index in [9.17, 15) is 24.3 Å². The predicted molar refractivity (Wildman–Crippen MR) is 111 cm³/mol. The highest BCUT2D eigenvalue weighted by molar-refractivity contribution is 9.10. The van der Waals surface area contributed by atoms with Gasteiger partial charge in [-0.05, 0) is 42.7 Å². The molecule has 1 aliphatic heterocycles. The summed E-state index contributed by atoms with van der Waals surface area (Å²) in [5.74, 6) is -2.71. The van der Waals surface area contributed by atoms with Gasteiger partial charge in [0.15, 0.2) is 0 Å². The van der Waals surface area contributed by atoms with E-state index in [1.807, 2.05) is 30.3 Å². The van der Waals surface area contributed by atoms with Crippen molar-refractivity contribution in [1.82, 2.24) is 4.90 Å². The lowest BCUT2D eigenvalue weighted by Crippen LogP contribution is -2.46. The summed E-state index contributed by atoms with van der Waals surface area (Å²) in [6, 6.07) is 15.2. The molecule has 2 aromatic rings. The van der Waals surface area contributed by atoms with Gasteiger partial charge in [0.25, 0.3) is 5.91 Å². The van der Waals surface area contributed by atoms with Crippen LogP contribution in [-0.2, 0) is 25.6 Å². The normalized spacial score (nSPS) is 16.0. The Morgan fingerprint density at radius 3 is 2.33 bits per heavy atom. The molecule has 0 radical (unpaired) electrons. The second-order valence-corrected chi connectivity index (χ2v) is 7.87. The van der Waals surface area contributed by atoms with Crippen molar-refractivity contribution < 1.29 is 24.3 Å². The summed E-state index contributed by atoms with van der Waals surface area (Å²) in [7, 11) is 0. The minimum atomic E-state index is -1.34. The fourth-order valence-electron chi connectivity index (χ4n) is 3.42. The number of benzene rings is 2. The first-order chi connectivity index (χ1) is 14.4. The number of rotatable bonds is 8. The van der Waals surface area contributed by atoms with Crippen LogP contribution >= 0.6 is 15.9 Å². The summed E-state index contributed by atoms with van der Waals surface area (Å²) >= 11 is 3.32. The number of halogens is 1. The SMILES string of the molecule is O=C([O-])CCC(=O)N(CCc1ccccc1)[C@@H]1CC(=O)N(c2ccc(Br)cc2)C1=O. The molecule has 3 rings (SSSR count). The number of hydrogen-bond donors (Lipinski definition) is 0. The molecule has 2 aromatic carbocycles. The molecule has 0 aromatic heterocycles. The molecule has 30 heavy (non-hydrogen) atoms. The summed E-state index contributed by atoms with van der Waals surface area (Å²) in [5, 5.41) is 10.8. The van der Waals surface area contributed by atoms with E-state index in [1.165, 1.54) is 4.90 Å². The number of amides is 3. The third kappa shape index (κ3) is 5.13. The second-order valence-electron chi connectivity index (χ2n) is 6.96. The smallest absolute Gasteiger partial charge is 0.257 e. The van der Waals surface area contributed by atoms with E-state index >= 15 is 0 Å². The van der Waals surface area contributed by atoms with Crippen molar-refractivity contribution in [3.8, 4) is 0 Å². The highest BCUT2D eigenvalue weighted by atomic mass is 79.9. The van der Waals surface area contributed by atoms with Gasteiger partial charge in [-0.1, -0.05) is 46.3 Å². The van der Waals surface area contributed by atoms with Gasteiger partial charge >= 0.3 is 0 Å². The molecule has 1 atom stereocenters. The Morgan fingerprint density at radius 1 is 1.03 bits per heavy atom. The lowest BCUT2D eigenvalue weighted by Gasteiger charge is -2.28. The molecular formula is C22H20BrN2O5-. The van der Waals surface area contributed by atoms with Crippen molar-refractivity contribution in [2.45, 2.75) is 31.7 Å². The Morgan fingerprint density at radius 2 is 1.70 bits per heavy atom. The molecule has 0 unspecified atom stereocenters. The molecule has 3 amide bonds. The van der Waals surface area contributed by atoms with Crippen LogP contribution in [0.25, 0.3) is 0 Å². The first kappa shape index (κ1) is 21.7. The number of anilines is 1. The number of carbonyl (C=O) groups excluding carboxylic acids is 4. The van der Waals surface area contributed by atoms with E-state index in [2.05, 4.69) is 15.9 Å². The fraction of sp³-hybridized carbons (Fsp3) is 0.273. The van der Waals surface area contributed by atoms with Crippen LogP contribution in [0, 0.1) is 0 Å². The van der Waals surface area contributed by atoms with Gasteiger partial charge in [0.05, 0.1) is 12.1 Å². The predicted octanol–water partition coefficient (Wildman–Crippen LogP) is 1.68. The highest BCUT2D eigenvalue weighted by Gasteiger charge is 2.44. The number of carbonyl (C=O) groups is 4. The molecule has 0 spiro atoms. The Hall–Kier alpha value is -3.00. The summed E-state index contributed by atoms with van der Waals surface area (Å²) in [4.78, 5) is 51.6. The number of imide groups is 1.